The maximum absolute atomic E-state index is 10.8. The molecule has 1 N–H and O–H groups in total. The Morgan fingerprint density at radius 2 is 1.94 bits per heavy atom. The molecule has 0 bridgehead atoms. The van der Waals surface area contributed by atoms with E-state index in [1.807, 2.05) is 26.1 Å². The van der Waals surface area contributed by atoms with Gasteiger partial charge < -0.3 is 9.67 Å². The van der Waals surface area contributed by atoms with Crippen molar-refractivity contribution in [3.8, 4) is 0 Å². The van der Waals surface area contributed by atoms with Crippen LogP contribution in [0.2, 0.25) is 0 Å². The summed E-state index contributed by atoms with van der Waals surface area (Å²) in [6.45, 7) is 6.13. The van der Waals surface area contributed by atoms with Crippen molar-refractivity contribution in [2.75, 3.05) is 0 Å². The lowest BCUT2D eigenvalue weighted by Crippen LogP contribution is -2.07. The van der Waals surface area contributed by atoms with Crippen molar-refractivity contribution >= 4 is 16.9 Å². The number of nitrogens with zero attached hydrogens (tertiary/aromatic N) is 1. The Bertz CT molecular complexity index is 567. The number of carboxylic acids is 1. The third-order valence-electron chi connectivity index (χ3n) is 2.82. The summed E-state index contributed by atoms with van der Waals surface area (Å²) >= 11 is 0. The van der Waals surface area contributed by atoms with Crippen molar-refractivity contribution in [3.05, 3.63) is 35.0 Å². The molecule has 16 heavy (non-hydrogen) atoms. The fourth-order valence-corrected chi connectivity index (χ4v) is 2.33. The Morgan fingerprint density at radius 1 is 1.25 bits per heavy atom. The first-order chi connectivity index (χ1) is 7.49. The van der Waals surface area contributed by atoms with Gasteiger partial charge in [-0.2, -0.15) is 0 Å². The SMILES string of the molecule is Cc1cc(C)c2c(C)cn(CC(=O)O)c2c1. The molecule has 0 radical (unpaired) electrons. The van der Waals surface area contributed by atoms with Crippen LogP contribution in [-0.4, -0.2) is 15.6 Å². The van der Waals surface area contributed by atoms with E-state index in [1.54, 1.807) is 4.57 Å². The summed E-state index contributed by atoms with van der Waals surface area (Å²) in [6.07, 6.45) is 1.91. The molecule has 0 fully saturated rings. The summed E-state index contributed by atoms with van der Waals surface area (Å²) in [7, 11) is 0. The number of aliphatic carboxylic acids is 1. The Labute approximate surface area is 94.3 Å². The standard InChI is InChI=1S/C13H15NO2/c1-8-4-9(2)13-10(3)6-14(7-12(15)16)11(13)5-8/h4-6H,7H2,1-3H3,(H,15,16). The summed E-state index contributed by atoms with van der Waals surface area (Å²) in [5.41, 5.74) is 4.51. The smallest absolute Gasteiger partial charge is 0.323 e. The summed E-state index contributed by atoms with van der Waals surface area (Å²) < 4.78 is 1.80. The molecule has 0 amide bonds. The summed E-state index contributed by atoms with van der Waals surface area (Å²) in [5.74, 6) is -0.809. The average Bonchev–Trinajstić information content (AvgIpc) is 2.41. The molecule has 0 saturated heterocycles. The van der Waals surface area contributed by atoms with Gasteiger partial charge in [-0.1, -0.05) is 6.07 Å². The number of carboxylic acid groups (broad SMARTS) is 1. The molecule has 0 aliphatic rings. The van der Waals surface area contributed by atoms with Crippen molar-refractivity contribution in [2.24, 2.45) is 0 Å². The van der Waals surface area contributed by atoms with Gasteiger partial charge in [-0.05, 0) is 43.5 Å². The second-order valence-electron chi connectivity index (χ2n) is 4.31. The highest BCUT2D eigenvalue weighted by Crippen LogP contribution is 2.25. The molecule has 2 aromatic rings. The lowest BCUT2D eigenvalue weighted by atomic mass is 10.1. The number of aryl methyl sites for hydroxylation is 3. The molecule has 0 saturated carbocycles. The molecule has 84 valence electrons. The maximum atomic E-state index is 10.8. The van der Waals surface area contributed by atoms with E-state index in [4.69, 9.17) is 5.11 Å². The molecular formula is C13H15NO2. The van der Waals surface area contributed by atoms with Crippen molar-refractivity contribution < 1.29 is 9.90 Å². The normalized spacial score (nSPS) is 10.9. The summed E-state index contributed by atoms with van der Waals surface area (Å²) in [6, 6.07) is 4.17. The van der Waals surface area contributed by atoms with Crippen LogP contribution in [0.1, 0.15) is 16.7 Å². The third kappa shape index (κ3) is 1.69. The van der Waals surface area contributed by atoms with Gasteiger partial charge in [0.05, 0.1) is 0 Å². The highest BCUT2D eigenvalue weighted by atomic mass is 16.4. The molecule has 3 heteroatoms. The monoisotopic (exact) mass is 217 g/mol. The number of fused-ring (bicyclic) bond motifs is 1. The van der Waals surface area contributed by atoms with Crippen LogP contribution in [0.3, 0.4) is 0 Å². The van der Waals surface area contributed by atoms with E-state index < -0.39 is 5.97 Å². The van der Waals surface area contributed by atoms with Crippen LogP contribution < -0.4 is 0 Å². The largest absolute Gasteiger partial charge is 0.480 e. The maximum Gasteiger partial charge on any atom is 0.323 e. The first-order valence-electron chi connectivity index (χ1n) is 5.27. The fourth-order valence-electron chi connectivity index (χ4n) is 2.33. The molecule has 1 heterocycles. The first-order valence-corrected chi connectivity index (χ1v) is 5.27. The number of hydrogen-bond donors (Lipinski definition) is 1. The molecule has 0 unspecified atom stereocenters. The van der Waals surface area contributed by atoms with Crippen molar-refractivity contribution in [1.29, 1.82) is 0 Å². The van der Waals surface area contributed by atoms with Crippen LogP contribution in [0.15, 0.2) is 18.3 Å². The van der Waals surface area contributed by atoms with Gasteiger partial charge in [0.2, 0.25) is 0 Å². The molecule has 0 spiro atoms. The molecule has 0 aliphatic heterocycles. The van der Waals surface area contributed by atoms with E-state index >= 15 is 0 Å². The van der Waals surface area contributed by atoms with Crippen LogP contribution >= 0.6 is 0 Å². The minimum atomic E-state index is -0.809. The Balaban J connectivity index is 2.72. The number of carbonyl (C=O) groups is 1. The van der Waals surface area contributed by atoms with Gasteiger partial charge in [0.25, 0.3) is 0 Å². The Kier molecular flexibility index (Phi) is 2.46. The van der Waals surface area contributed by atoms with Gasteiger partial charge in [0, 0.05) is 17.1 Å². The van der Waals surface area contributed by atoms with Crippen LogP contribution in [0.4, 0.5) is 0 Å². The lowest BCUT2D eigenvalue weighted by molar-refractivity contribution is -0.137. The fraction of sp³-hybridized carbons (Fsp3) is 0.308. The second-order valence-corrected chi connectivity index (χ2v) is 4.31. The van der Waals surface area contributed by atoms with Gasteiger partial charge in [-0.25, -0.2) is 0 Å². The van der Waals surface area contributed by atoms with E-state index in [0.717, 1.165) is 16.6 Å². The highest BCUT2D eigenvalue weighted by Gasteiger charge is 2.10. The zero-order valence-electron chi connectivity index (χ0n) is 9.74. The predicted molar refractivity (Wildman–Crippen MR) is 63.8 cm³/mol. The number of benzene rings is 1. The molecule has 3 nitrogen and oxygen atoms in total. The van der Waals surface area contributed by atoms with E-state index in [0.29, 0.717) is 0 Å². The highest BCUT2D eigenvalue weighted by molar-refractivity contribution is 5.88. The van der Waals surface area contributed by atoms with Crippen LogP contribution in [0.5, 0.6) is 0 Å². The van der Waals surface area contributed by atoms with Crippen LogP contribution in [0, 0.1) is 20.8 Å². The van der Waals surface area contributed by atoms with E-state index in [9.17, 15) is 4.79 Å². The van der Waals surface area contributed by atoms with Gasteiger partial charge >= 0.3 is 5.97 Å². The Morgan fingerprint density at radius 3 is 2.56 bits per heavy atom. The quantitative estimate of drug-likeness (QED) is 0.840. The minimum absolute atomic E-state index is 0.0211. The lowest BCUT2D eigenvalue weighted by Gasteiger charge is -2.04. The third-order valence-corrected chi connectivity index (χ3v) is 2.82. The molecule has 1 aromatic heterocycles. The van der Waals surface area contributed by atoms with Crippen LogP contribution in [-0.2, 0) is 11.3 Å². The predicted octanol–water partition coefficient (Wildman–Crippen LogP) is 2.65. The van der Waals surface area contributed by atoms with E-state index in [1.165, 1.54) is 10.9 Å². The zero-order chi connectivity index (χ0) is 11.9. The molecule has 1 aromatic carbocycles. The number of rotatable bonds is 2. The van der Waals surface area contributed by atoms with Gasteiger partial charge in [0.1, 0.15) is 6.54 Å². The number of hydrogen-bond acceptors (Lipinski definition) is 1. The van der Waals surface area contributed by atoms with Crippen molar-refractivity contribution in [2.45, 2.75) is 27.3 Å². The van der Waals surface area contributed by atoms with Crippen molar-refractivity contribution in [1.82, 2.24) is 4.57 Å². The molecule has 0 atom stereocenters. The van der Waals surface area contributed by atoms with Gasteiger partial charge in [0.15, 0.2) is 0 Å². The molecule has 2 rings (SSSR count). The van der Waals surface area contributed by atoms with E-state index in [2.05, 4.69) is 13.0 Å². The average molecular weight is 217 g/mol. The summed E-state index contributed by atoms with van der Waals surface area (Å²) in [5, 5.41) is 10.0. The second kappa shape index (κ2) is 3.67. The zero-order valence-corrected chi connectivity index (χ0v) is 9.74. The summed E-state index contributed by atoms with van der Waals surface area (Å²) in [4.78, 5) is 10.8. The van der Waals surface area contributed by atoms with Gasteiger partial charge in [-0.15, -0.1) is 0 Å². The number of aromatic nitrogens is 1. The van der Waals surface area contributed by atoms with E-state index in [-0.39, 0.29) is 6.54 Å². The topological polar surface area (TPSA) is 42.2 Å². The Hall–Kier alpha value is -1.77. The first kappa shape index (κ1) is 10.7. The molecule has 0 aliphatic carbocycles. The molecular weight excluding hydrogens is 202 g/mol. The van der Waals surface area contributed by atoms with Crippen molar-refractivity contribution in [3.63, 3.8) is 0 Å². The van der Waals surface area contributed by atoms with Gasteiger partial charge in [-0.3, -0.25) is 4.79 Å². The minimum Gasteiger partial charge on any atom is -0.480 e. The van der Waals surface area contributed by atoms with Crippen LogP contribution in [0.25, 0.3) is 10.9 Å².